The molecule has 0 bridgehead atoms. The number of carbonyl (C=O) groups excluding carboxylic acids is 2. The molecule has 0 heterocycles. The van der Waals surface area contributed by atoms with Crippen LogP contribution < -0.4 is 10.4 Å². The zero-order valence-corrected chi connectivity index (χ0v) is 11.5. The van der Waals surface area contributed by atoms with Crippen molar-refractivity contribution in [1.29, 1.82) is 0 Å². The van der Waals surface area contributed by atoms with Crippen LogP contribution in [0.4, 0.5) is 0 Å². The Morgan fingerprint density at radius 1 is 0.889 bits per heavy atom. The highest BCUT2D eigenvalue weighted by Crippen LogP contribution is 2.10. The van der Waals surface area contributed by atoms with Crippen molar-refractivity contribution in [3.63, 3.8) is 0 Å². The topological polar surface area (TPSA) is 69.2 Å². The van der Waals surface area contributed by atoms with Crippen LogP contribution in [-0.4, -0.2) is 18.4 Å². The van der Waals surface area contributed by atoms with Crippen molar-refractivity contribution in [1.82, 2.24) is 5.32 Å². The third-order valence-electron chi connectivity index (χ3n) is 2.94. The molecule has 4 nitrogen and oxygen atoms in total. The Balaban J connectivity index is 3.15. The Morgan fingerprint density at radius 2 is 1.39 bits per heavy atom. The third kappa shape index (κ3) is 13.0. The van der Waals surface area contributed by atoms with Gasteiger partial charge in [-0.3, -0.25) is 4.79 Å². The second-order valence-corrected chi connectivity index (χ2v) is 4.73. The van der Waals surface area contributed by atoms with Gasteiger partial charge >= 0.3 is 0 Å². The van der Waals surface area contributed by atoms with E-state index < -0.39 is 5.97 Å². The molecule has 0 aromatic carbocycles. The van der Waals surface area contributed by atoms with Crippen LogP contribution >= 0.6 is 0 Å². The number of rotatable bonds is 12. The number of carboxylic acid groups (broad SMARTS) is 1. The maximum atomic E-state index is 11.2. The predicted molar refractivity (Wildman–Crippen MR) is 69.9 cm³/mol. The fourth-order valence-electron chi connectivity index (χ4n) is 1.86. The van der Waals surface area contributed by atoms with E-state index >= 15 is 0 Å². The van der Waals surface area contributed by atoms with Gasteiger partial charge in [-0.15, -0.1) is 0 Å². The SMILES string of the molecule is CCCCCCCCCCCC(=O)NCC(=O)[O-]. The van der Waals surface area contributed by atoms with Gasteiger partial charge in [-0.05, 0) is 6.42 Å². The van der Waals surface area contributed by atoms with Crippen LogP contribution in [0, 0.1) is 0 Å². The van der Waals surface area contributed by atoms with Crippen molar-refractivity contribution < 1.29 is 14.7 Å². The van der Waals surface area contributed by atoms with Crippen LogP contribution in [0.1, 0.15) is 71.1 Å². The first-order valence-corrected chi connectivity index (χ1v) is 7.13. The zero-order chi connectivity index (χ0) is 13.6. The summed E-state index contributed by atoms with van der Waals surface area (Å²) in [5.41, 5.74) is 0. The average Bonchev–Trinajstić information content (AvgIpc) is 2.34. The molecule has 0 saturated carbocycles. The minimum atomic E-state index is -1.24. The second kappa shape index (κ2) is 12.4. The van der Waals surface area contributed by atoms with E-state index in [9.17, 15) is 14.7 Å². The molecule has 0 unspecified atom stereocenters. The molecule has 106 valence electrons. The number of hydrogen-bond donors (Lipinski definition) is 1. The molecule has 4 heteroatoms. The van der Waals surface area contributed by atoms with Gasteiger partial charge in [0.05, 0.1) is 12.5 Å². The molecule has 1 N–H and O–H groups in total. The van der Waals surface area contributed by atoms with Gasteiger partial charge in [0.1, 0.15) is 0 Å². The maximum absolute atomic E-state index is 11.2. The molecule has 0 rings (SSSR count). The molecule has 0 fully saturated rings. The van der Waals surface area contributed by atoms with Crippen LogP contribution in [-0.2, 0) is 9.59 Å². The van der Waals surface area contributed by atoms with Crippen molar-refractivity contribution in [2.24, 2.45) is 0 Å². The van der Waals surface area contributed by atoms with Crippen molar-refractivity contribution in [3.8, 4) is 0 Å². The van der Waals surface area contributed by atoms with Crippen LogP contribution in [0.5, 0.6) is 0 Å². The Labute approximate surface area is 110 Å². The number of hydrogen-bond acceptors (Lipinski definition) is 3. The van der Waals surface area contributed by atoms with E-state index in [2.05, 4.69) is 12.2 Å². The van der Waals surface area contributed by atoms with Gasteiger partial charge in [0.15, 0.2) is 0 Å². The van der Waals surface area contributed by atoms with Gasteiger partial charge in [0.2, 0.25) is 5.91 Å². The highest BCUT2D eigenvalue weighted by atomic mass is 16.4. The lowest BCUT2D eigenvalue weighted by atomic mass is 10.1. The molecule has 0 aliphatic rings. The molecule has 0 radical (unpaired) electrons. The molecule has 0 aromatic rings. The fraction of sp³-hybridized carbons (Fsp3) is 0.857. The standard InChI is InChI=1S/C14H27NO3/c1-2-3-4-5-6-7-8-9-10-11-13(16)15-12-14(17)18/h2-12H2,1H3,(H,15,16)(H,17,18)/p-1. The summed E-state index contributed by atoms with van der Waals surface area (Å²) in [5, 5.41) is 12.4. The summed E-state index contributed by atoms with van der Waals surface area (Å²) >= 11 is 0. The molecule has 1 amide bonds. The van der Waals surface area contributed by atoms with Gasteiger partial charge in [-0.2, -0.15) is 0 Å². The Morgan fingerprint density at radius 3 is 1.89 bits per heavy atom. The lowest BCUT2D eigenvalue weighted by Gasteiger charge is -2.05. The van der Waals surface area contributed by atoms with Crippen molar-refractivity contribution in [2.75, 3.05) is 6.54 Å². The minimum Gasteiger partial charge on any atom is -0.548 e. The Kier molecular flexibility index (Phi) is 11.7. The van der Waals surface area contributed by atoms with E-state index in [0.29, 0.717) is 6.42 Å². The molecule has 0 spiro atoms. The molecule has 0 aromatic heterocycles. The summed E-state index contributed by atoms with van der Waals surface area (Å²) in [6, 6.07) is 0. The van der Waals surface area contributed by atoms with Crippen LogP contribution in [0.25, 0.3) is 0 Å². The van der Waals surface area contributed by atoms with E-state index in [-0.39, 0.29) is 12.5 Å². The van der Waals surface area contributed by atoms with Gasteiger partial charge in [-0.25, -0.2) is 0 Å². The third-order valence-corrected chi connectivity index (χ3v) is 2.94. The summed E-state index contributed by atoms with van der Waals surface area (Å²) in [4.78, 5) is 21.3. The lowest BCUT2D eigenvalue weighted by Crippen LogP contribution is -2.37. The summed E-state index contributed by atoms with van der Waals surface area (Å²) in [6.07, 6.45) is 11.3. The molecule has 0 aliphatic heterocycles. The molecule has 0 saturated heterocycles. The predicted octanol–water partition coefficient (Wildman–Crippen LogP) is 1.77. The normalized spacial score (nSPS) is 10.3. The number of carboxylic acids is 1. The van der Waals surface area contributed by atoms with E-state index in [1.54, 1.807) is 0 Å². The maximum Gasteiger partial charge on any atom is 0.220 e. The molecule has 0 aliphatic carbocycles. The molecular weight excluding hydrogens is 230 g/mol. The first-order valence-electron chi connectivity index (χ1n) is 7.13. The molecule has 18 heavy (non-hydrogen) atoms. The lowest BCUT2D eigenvalue weighted by molar-refractivity contribution is -0.304. The van der Waals surface area contributed by atoms with E-state index in [1.165, 1.54) is 44.9 Å². The number of unbranched alkanes of at least 4 members (excludes halogenated alkanes) is 8. The van der Waals surface area contributed by atoms with Crippen LogP contribution in [0.2, 0.25) is 0 Å². The largest absolute Gasteiger partial charge is 0.548 e. The highest BCUT2D eigenvalue weighted by molar-refractivity contribution is 5.80. The number of nitrogens with one attached hydrogen (secondary N) is 1. The summed E-state index contributed by atoms with van der Waals surface area (Å²) in [6.45, 7) is 1.84. The number of carbonyl (C=O) groups is 2. The Bertz CT molecular complexity index is 229. The van der Waals surface area contributed by atoms with E-state index in [1.807, 2.05) is 0 Å². The quantitative estimate of drug-likeness (QED) is 0.541. The van der Waals surface area contributed by atoms with Crippen molar-refractivity contribution in [2.45, 2.75) is 71.1 Å². The fourth-order valence-corrected chi connectivity index (χ4v) is 1.86. The monoisotopic (exact) mass is 256 g/mol. The van der Waals surface area contributed by atoms with Gasteiger partial charge in [0.25, 0.3) is 0 Å². The molecule has 0 atom stereocenters. The average molecular weight is 256 g/mol. The first kappa shape index (κ1) is 16.9. The van der Waals surface area contributed by atoms with E-state index in [0.717, 1.165) is 12.8 Å². The van der Waals surface area contributed by atoms with Gasteiger partial charge in [0, 0.05) is 6.42 Å². The molecular formula is C14H26NO3-. The Hall–Kier alpha value is -1.06. The van der Waals surface area contributed by atoms with Gasteiger partial charge in [-0.1, -0.05) is 58.3 Å². The second-order valence-electron chi connectivity index (χ2n) is 4.73. The van der Waals surface area contributed by atoms with Crippen LogP contribution in [0.15, 0.2) is 0 Å². The smallest absolute Gasteiger partial charge is 0.220 e. The summed E-state index contributed by atoms with van der Waals surface area (Å²) < 4.78 is 0. The number of amides is 1. The first-order chi connectivity index (χ1) is 8.66. The van der Waals surface area contributed by atoms with E-state index in [4.69, 9.17) is 0 Å². The van der Waals surface area contributed by atoms with Crippen LogP contribution in [0.3, 0.4) is 0 Å². The number of aliphatic carboxylic acids is 1. The van der Waals surface area contributed by atoms with Crippen molar-refractivity contribution >= 4 is 11.9 Å². The highest BCUT2D eigenvalue weighted by Gasteiger charge is 2.00. The van der Waals surface area contributed by atoms with Gasteiger partial charge < -0.3 is 15.2 Å². The van der Waals surface area contributed by atoms with Crippen molar-refractivity contribution in [3.05, 3.63) is 0 Å². The zero-order valence-electron chi connectivity index (χ0n) is 11.5. The summed E-state index contributed by atoms with van der Waals surface area (Å²) in [7, 11) is 0. The minimum absolute atomic E-state index is 0.192. The summed E-state index contributed by atoms with van der Waals surface area (Å²) in [5.74, 6) is -1.43.